The molecule has 0 spiro atoms. The Labute approximate surface area is 161 Å². The highest BCUT2D eigenvalue weighted by molar-refractivity contribution is 7.98. The summed E-state index contributed by atoms with van der Waals surface area (Å²) < 4.78 is 34.1. The van der Waals surface area contributed by atoms with Crippen molar-refractivity contribution in [3.63, 3.8) is 0 Å². The first-order chi connectivity index (χ1) is 12.8. The van der Waals surface area contributed by atoms with Crippen LogP contribution < -0.4 is 4.74 Å². The van der Waals surface area contributed by atoms with E-state index in [-0.39, 0.29) is 18.1 Å². The largest absolute Gasteiger partial charge is 0.458 e. The van der Waals surface area contributed by atoms with Crippen molar-refractivity contribution in [3.8, 4) is 5.75 Å². The summed E-state index contributed by atoms with van der Waals surface area (Å²) in [6.07, 6.45) is 2.13. The van der Waals surface area contributed by atoms with Gasteiger partial charge in [0.25, 0.3) is 0 Å². The van der Waals surface area contributed by atoms with Crippen molar-refractivity contribution < 1.29 is 23.0 Å². The summed E-state index contributed by atoms with van der Waals surface area (Å²) in [6.45, 7) is 2.67. The zero-order chi connectivity index (χ0) is 20.0. The van der Waals surface area contributed by atoms with Crippen molar-refractivity contribution in [2.24, 2.45) is 0 Å². The number of aromatic nitrogens is 2. The molecule has 0 aliphatic heterocycles. The fourth-order valence-corrected chi connectivity index (χ4v) is 3.09. The predicted molar refractivity (Wildman–Crippen MR) is 99.2 cm³/mol. The molecule has 5 nitrogen and oxygen atoms in total. The van der Waals surface area contributed by atoms with E-state index in [4.69, 9.17) is 4.74 Å². The van der Waals surface area contributed by atoms with Crippen molar-refractivity contribution in [3.05, 3.63) is 46.8 Å². The minimum atomic E-state index is -2.87. The van der Waals surface area contributed by atoms with Crippen LogP contribution in [0.15, 0.2) is 29.4 Å². The Bertz CT molecular complexity index is 762. The zero-order valence-electron chi connectivity index (χ0n) is 15.7. The van der Waals surface area contributed by atoms with Crippen LogP contribution in [0.4, 0.5) is 8.78 Å². The Morgan fingerprint density at radius 1 is 1.15 bits per heavy atom. The molecule has 1 atom stereocenters. The van der Waals surface area contributed by atoms with Crippen LogP contribution in [0.1, 0.15) is 42.0 Å². The lowest BCUT2D eigenvalue weighted by Crippen LogP contribution is -2.11. The molecule has 0 fully saturated rings. The molecule has 1 heterocycles. The molecule has 0 bridgehead atoms. The third-order valence-electron chi connectivity index (χ3n) is 4.04. The zero-order valence-corrected chi connectivity index (χ0v) is 16.5. The molecule has 146 valence electrons. The Morgan fingerprint density at radius 2 is 1.74 bits per heavy atom. The minimum absolute atomic E-state index is 0.0620. The maximum absolute atomic E-state index is 12.2. The molecular formula is C19H22F2N2O3S. The molecule has 1 unspecified atom stereocenters. The maximum Gasteiger partial charge on any atom is 0.387 e. The molecule has 27 heavy (non-hydrogen) atoms. The van der Waals surface area contributed by atoms with Gasteiger partial charge in [0.05, 0.1) is 0 Å². The topological polar surface area (TPSA) is 61.3 Å². The van der Waals surface area contributed by atoms with E-state index in [1.165, 1.54) is 23.9 Å². The molecule has 0 aliphatic rings. The molecule has 0 saturated heterocycles. The quantitative estimate of drug-likeness (QED) is 0.368. The number of ether oxygens (including phenoxy) is 2. The number of hydrogen-bond acceptors (Lipinski definition) is 6. The van der Waals surface area contributed by atoms with Crippen LogP contribution in [0, 0.1) is 13.8 Å². The van der Waals surface area contributed by atoms with Crippen molar-refractivity contribution >= 4 is 17.7 Å². The van der Waals surface area contributed by atoms with Crippen LogP contribution in [0.25, 0.3) is 0 Å². The van der Waals surface area contributed by atoms with Gasteiger partial charge in [-0.3, -0.25) is 4.79 Å². The van der Waals surface area contributed by atoms with E-state index in [0.29, 0.717) is 17.1 Å². The van der Waals surface area contributed by atoms with Gasteiger partial charge in [-0.2, -0.15) is 8.78 Å². The Hall–Kier alpha value is -2.22. The fraction of sp³-hybridized carbons (Fsp3) is 0.421. The lowest BCUT2D eigenvalue weighted by molar-refractivity contribution is -0.148. The van der Waals surface area contributed by atoms with E-state index in [1.807, 2.05) is 20.1 Å². The second-order valence-electron chi connectivity index (χ2n) is 5.94. The first-order valence-electron chi connectivity index (χ1n) is 8.42. The first-order valence-corrected chi connectivity index (χ1v) is 9.65. The minimum Gasteiger partial charge on any atom is -0.458 e. The number of halogens is 2. The number of alkyl halides is 2. The summed E-state index contributed by atoms with van der Waals surface area (Å²) in [6, 6.07) is 6.03. The summed E-state index contributed by atoms with van der Waals surface area (Å²) in [5.41, 5.74) is 3.38. The van der Waals surface area contributed by atoms with Gasteiger partial charge in [-0.1, -0.05) is 23.9 Å². The number of carbonyl (C=O) groups excluding carboxylic acids is 1. The standard InChI is InChI=1S/C19H22F2N2O3S/c1-11-16(12(2)23-19(22-11)27-4)9-10-17(24)25-13(3)14-5-7-15(8-6-14)26-18(20)21/h5-8,13,18H,9-10H2,1-4H3. The van der Waals surface area contributed by atoms with E-state index in [9.17, 15) is 13.6 Å². The third kappa shape index (κ3) is 6.16. The van der Waals surface area contributed by atoms with Crippen LogP contribution >= 0.6 is 11.8 Å². The Morgan fingerprint density at radius 3 is 2.26 bits per heavy atom. The summed E-state index contributed by atoms with van der Waals surface area (Å²) >= 11 is 1.48. The van der Waals surface area contributed by atoms with Gasteiger partial charge in [0, 0.05) is 17.8 Å². The molecule has 1 aromatic heterocycles. The van der Waals surface area contributed by atoms with E-state index < -0.39 is 12.7 Å². The number of aryl methyl sites for hydroxylation is 2. The average molecular weight is 396 g/mol. The number of benzene rings is 1. The lowest BCUT2D eigenvalue weighted by atomic mass is 10.1. The second-order valence-corrected chi connectivity index (χ2v) is 6.71. The molecular weight excluding hydrogens is 374 g/mol. The second kappa shape index (κ2) is 9.64. The molecule has 2 rings (SSSR count). The third-order valence-corrected chi connectivity index (χ3v) is 4.59. The highest BCUT2D eigenvalue weighted by atomic mass is 32.2. The van der Waals surface area contributed by atoms with E-state index in [1.54, 1.807) is 19.1 Å². The molecule has 8 heteroatoms. The van der Waals surface area contributed by atoms with E-state index in [2.05, 4.69) is 14.7 Å². The van der Waals surface area contributed by atoms with Gasteiger partial charge in [-0.15, -0.1) is 0 Å². The lowest BCUT2D eigenvalue weighted by Gasteiger charge is -2.15. The smallest absolute Gasteiger partial charge is 0.387 e. The molecule has 0 N–H and O–H groups in total. The van der Waals surface area contributed by atoms with Crippen molar-refractivity contribution in [1.29, 1.82) is 0 Å². The molecule has 1 aromatic carbocycles. The van der Waals surface area contributed by atoms with Crippen molar-refractivity contribution in [2.75, 3.05) is 6.26 Å². The first kappa shape index (κ1) is 21.1. The highest BCUT2D eigenvalue weighted by Crippen LogP contribution is 2.23. The van der Waals surface area contributed by atoms with Gasteiger partial charge in [-0.05, 0) is 56.7 Å². The van der Waals surface area contributed by atoms with Crippen molar-refractivity contribution in [2.45, 2.75) is 51.5 Å². The maximum atomic E-state index is 12.2. The number of carbonyl (C=O) groups is 1. The Kier molecular flexibility index (Phi) is 7.53. The van der Waals surface area contributed by atoms with Gasteiger partial charge in [-0.25, -0.2) is 9.97 Å². The van der Waals surface area contributed by atoms with Gasteiger partial charge in [0.1, 0.15) is 11.9 Å². The predicted octanol–water partition coefficient (Wildman–Crippen LogP) is 4.65. The summed E-state index contributed by atoms with van der Waals surface area (Å²) in [5.74, 6) is -0.282. The van der Waals surface area contributed by atoms with Crippen LogP contribution in [0.3, 0.4) is 0 Å². The summed E-state index contributed by atoms with van der Waals surface area (Å²) in [7, 11) is 0. The number of esters is 1. The normalized spacial score (nSPS) is 12.1. The molecule has 0 amide bonds. The average Bonchev–Trinajstić information content (AvgIpc) is 2.60. The van der Waals surface area contributed by atoms with E-state index >= 15 is 0 Å². The number of thioether (sulfide) groups is 1. The molecule has 0 saturated carbocycles. The van der Waals surface area contributed by atoms with Gasteiger partial charge >= 0.3 is 12.6 Å². The summed E-state index contributed by atoms with van der Waals surface area (Å²) in [4.78, 5) is 21.0. The van der Waals surface area contributed by atoms with Gasteiger partial charge in [0.15, 0.2) is 5.16 Å². The summed E-state index contributed by atoms with van der Waals surface area (Å²) in [5, 5.41) is 0.712. The van der Waals surface area contributed by atoms with Crippen LogP contribution in [0.2, 0.25) is 0 Å². The monoisotopic (exact) mass is 396 g/mol. The number of rotatable bonds is 8. The van der Waals surface area contributed by atoms with Crippen LogP contribution in [-0.4, -0.2) is 28.8 Å². The van der Waals surface area contributed by atoms with Gasteiger partial charge < -0.3 is 9.47 Å². The van der Waals surface area contributed by atoms with E-state index in [0.717, 1.165) is 17.0 Å². The Balaban J connectivity index is 1.92. The molecule has 2 aromatic rings. The SMILES string of the molecule is CSc1nc(C)c(CCC(=O)OC(C)c2ccc(OC(F)F)cc2)c(C)n1. The fourth-order valence-electron chi connectivity index (χ4n) is 2.63. The van der Waals surface area contributed by atoms with Crippen molar-refractivity contribution in [1.82, 2.24) is 9.97 Å². The number of hydrogen-bond donors (Lipinski definition) is 0. The highest BCUT2D eigenvalue weighted by Gasteiger charge is 2.15. The molecule has 0 aliphatic carbocycles. The molecule has 0 radical (unpaired) electrons. The number of nitrogens with zero attached hydrogens (tertiary/aromatic N) is 2. The van der Waals surface area contributed by atoms with Gasteiger partial charge in [0.2, 0.25) is 0 Å². The van der Waals surface area contributed by atoms with Crippen LogP contribution in [0.5, 0.6) is 5.75 Å². The van der Waals surface area contributed by atoms with Crippen LogP contribution in [-0.2, 0) is 16.0 Å².